The molecule has 4 rings (SSSR count). The van der Waals surface area contributed by atoms with E-state index in [1.54, 1.807) is 7.05 Å². The van der Waals surface area contributed by atoms with Gasteiger partial charge in [0.05, 0.1) is 11.4 Å². The Balaban J connectivity index is 1.62. The van der Waals surface area contributed by atoms with E-state index in [0.29, 0.717) is 30.6 Å². The quantitative estimate of drug-likeness (QED) is 0.724. The summed E-state index contributed by atoms with van der Waals surface area (Å²) < 4.78 is 1.85. The molecule has 0 atom stereocenters. The van der Waals surface area contributed by atoms with Crippen LogP contribution in [0.15, 0.2) is 41.2 Å². The van der Waals surface area contributed by atoms with E-state index in [9.17, 15) is 14.4 Å². The molecular weight excluding hydrogens is 380 g/mol. The smallest absolute Gasteiger partial charge is 0.261 e. The number of hydrogen-bond donors (Lipinski definition) is 1. The number of amides is 1. The van der Waals surface area contributed by atoms with Gasteiger partial charge in [-0.15, -0.1) is 0 Å². The van der Waals surface area contributed by atoms with Gasteiger partial charge in [0.15, 0.2) is 5.78 Å². The molecule has 1 N–H and O–H groups in total. The molecule has 0 unspecified atom stereocenters. The summed E-state index contributed by atoms with van der Waals surface area (Å²) in [5.74, 6) is -0.441. The summed E-state index contributed by atoms with van der Waals surface area (Å²) in [5, 5.41) is 4.62. The molecule has 1 aromatic carbocycles. The molecule has 1 aliphatic rings. The lowest BCUT2D eigenvalue weighted by Crippen LogP contribution is -2.33. The van der Waals surface area contributed by atoms with Crippen LogP contribution in [0.1, 0.15) is 56.2 Å². The van der Waals surface area contributed by atoms with Gasteiger partial charge in [0, 0.05) is 42.5 Å². The van der Waals surface area contributed by atoms with Gasteiger partial charge in [0.2, 0.25) is 0 Å². The predicted molar refractivity (Wildman–Crippen MR) is 113 cm³/mol. The van der Waals surface area contributed by atoms with Gasteiger partial charge in [-0.1, -0.05) is 18.2 Å². The number of ketones is 1. The maximum absolute atomic E-state index is 13.0. The highest BCUT2D eigenvalue weighted by Crippen LogP contribution is 2.21. The standard InChI is InChI=1S/C23H24N4O3/c1-14-19(15(2)27(25-14)16-8-5-4-6-9-16)13-26(3)23(30)18-12-17-20(24-22(18)29)10-7-11-21(17)28/h4-6,8-9,12H,7,10-11,13H2,1-3H3,(H,24,29). The number of hydrogen-bond acceptors (Lipinski definition) is 4. The van der Waals surface area contributed by atoms with Crippen LogP contribution in [0.25, 0.3) is 5.69 Å². The Hall–Kier alpha value is -3.48. The average Bonchev–Trinajstić information content (AvgIpc) is 3.02. The highest BCUT2D eigenvalue weighted by molar-refractivity contribution is 6.01. The topological polar surface area (TPSA) is 88.1 Å². The van der Waals surface area contributed by atoms with E-state index in [0.717, 1.165) is 29.1 Å². The number of fused-ring (bicyclic) bond motifs is 1. The molecule has 2 aromatic heterocycles. The van der Waals surface area contributed by atoms with E-state index in [2.05, 4.69) is 10.1 Å². The molecule has 30 heavy (non-hydrogen) atoms. The van der Waals surface area contributed by atoms with Gasteiger partial charge < -0.3 is 9.88 Å². The first-order valence-corrected chi connectivity index (χ1v) is 10.0. The number of nitrogens with zero attached hydrogens (tertiary/aromatic N) is 3. The summed E-state index contributed by atoms with van der Waals surface area (Å²) >= 11 is 0. The van der Waals surface area contributed by atoms with Gasteiger partial charge in [-0.3, -0.25) is 14.4 Å². The van der Waals surface area contributed by atoms with E-state index < -0.39 is 11.5 Å². The summed E-state index contributed by atoms with van der Waals surface area (Å²) in [6, 6.07) is 11.3. The molecule has 0 saturated carbocycles. The zero-order valence-electron chi connectivity index (χ0n) is 17.4. The van der Waals surface area contributed by atoms with Crippen LogP contribution >= 0.6 is 0 Å². The van der Waals surface area contributed by atoms with Crippen molar-refractivity contribution in [3.63, 3.8) is 0 Å². The van der Waals surface area contributed by atoms with Crippen LogP contribution in [0, 0.1) is 13.8 Å². The summed E-state index contributed by atoms with van der Waals surface area (Å²) in [6.45, 7) is 4.18. The second-order valence-electron chi connectivity index (χ2n) is 7.74. The van der Waals surface area contributed by atoms with E-state index in [1.807, 2.05) is 48.9 Å². The minimum absolute atomic E-state index is 0.00254. The van der Waals surface area contributed by atoms with Crippen LogP contribution in [0.3, 0.4) is 0 Å². The number of aromatic amines is 1. The zero-order chi connectivity index (χ0) is 21.4. The van der Waals surface area contributed by atoms with Crippen LogP contribution in [-0.2, 0) is 13.0 Å². The van der Waals surface area contributed by atoms with E-state index in [1.165, 1.54) is 11.0 Å². The molecule has 7 heteroatoms. The SMILES string of the molecule is Cc1nn(-c2ccccc2)c(C)c1CN(C)C(=O)c1cc2c([nH]c1=O)CCCC2=O. The van der Waals surface area contributed by atoms with E-state index in [4.69, 9.17) is 0 Å². The number of rotatable bonds is 4. The average molecular weight is 404 g/mol. The van der Waals surface area contributed by atoms with Crippen molar-refractivity contribution in [3.05, 3.63) is 80.5 Å². The fourth-order valence-electron chi connectivity index (χ4n) is 3.97. The van der Waals surface area contributed by atoms with Crippen molar-refractivity contribution in [2.75, 3.05) is 7.05 Å². The normalized spacial score (nSPS) is 13.2. The third-order valence-corrected chi connectivity index (χ3v) is 5.67. The predicted octanol–water partition coefficient (Wildman–Crippen LogP) is 2.97. The summed E-state index contributed by atoms with van der Waals surface area (Å²) in [5.41, 5.74) is 4.28. The van der Waals surface area contributed by atoms with Crippen molar-refractivity contribution < 1.29 is 9.59 Å². The Morgan fingerprint density at radius 3 is 2.63 bits per heavy atom. The van der Waals surface area contributed by atoms with Crippen molar-refractivity contribution in [3.8, 4) is 5.69 Å². The van der Waals surface area contributed by atoms with Crippen molar-refractivity contribution >= 4 is 11.7 Å². The van der Waals surface area contributed by atoms with Crippen LogP contribution in [0.2, 0.25) is 0 Å². The van der Waals surface area contributed by atoms with Crippen molar-refractivity contribution in [1.29, 1.82) is 0 Å². The number of para-hydroxylation sites is 1. The first-order chi connectivity index (χ1) is 14.4. The third-order valence-electron chi connectivity index (χ3n) is 5.67. The number of pyridine rings is 1. The molecule has 154 valence electrons. The molecule has 0 radical (unpaired) electrons. The minimum Gasteiger partial charge on any atom is -0.337 e. The summed E-state index contributed by atoms with van der Waals surface area (Å²) in [4.78, 5) is 41.9. The lowest BCUT2D eigenvalue weighted by atomic mass is 9.93. The number of nitrogens with one attached hydrogen (secondary N) is 1. The van der Waals surface area contributed by atoms with Crippen LogP contribution in [0.4, 0.5) is 0 Å². The van der Waals surface area contributed by atoms with Crippen molar-refractivity contribution in [1.82, 2.24) is 19.7 Å². The number of Topliss-reactive ketones (excluding diaryl/α,β-unsaturated/α-hetero) is 1. The number of aromatic nitrogens is 3. The fourth-order valence-corrected chi connectivity index (χ4v) is 3.97. The number of H-pyrrole nitrogens is 1. The van der Waals surface area contributed by atoms with Gasteiger partial charge in [0.25, 0.3) is 11.5 Å². The first kappa shape index (κ1) is 19.8. The zero-order valence-corrected chi connectivity index (χ0v) is 17.4. The highest BCUT2D eigenvalue weighted by Gasteiger charge is 2.24. The Kier molecular flexibility index (Phi) is 5.11. The van der Waals surface area contributed by atoms with Crippen LogP contribution < -0.4 is 5.56 Å². The molecule has 3 aromatic rings. The number of aryl methyl sites for hydroxylation is 2. The largest absolute Gasteiger partial charge is 0.337 e. The molecule has 0 bridgehead atoms. The Morgan fingerprint density at radius 2 is 1.90 bits per heavy atom. The summed E-state index contributed by atoms with van der Waals surface area (Å²) in [7, 11) is 1.65. The van der Waals surface area contributed by atoms with E-state index >= 15 is 0 Å². The first-order valence-electron chi connectivity index (χ1n) is 10.0. The van der Waals surface area contributed by atoms with Gasteiger partial charge in [-0.25, -0.2) is 4.68 Å². The van der Waals surface area contributed by atoms with Gasteiger partial charge >= 0.3 is 0 Å². The van der Waals surface area contributed by atoms with Crippen molar-refractivity contribution in [2.24, 2.45) is 0 Å². The molecule has 0 fully saturated rings. The molecule has 2 heterocycles. The molecule has 7 nitrogen and oxygen atoms in total. The molecule has 0 aliphatic heterocycles. The Labute approximate surface area is 174 Å². The molecule has 1 amide bonds. The summed E-state index contributed by atoms with van der Waals surface area (Å²) in [6.07, 6.45) is 1.82. The van der Waals surface area contributed by atoms with Crippen molar-refractivity contribution in [2.45, 2.75) is 39.7 Å². The maximum atomic E-state index is 13.0. The number of benzene rings is 1. The fraction of sp³-hybridized carbons (Fsp3) is 0.304. The molecule has 0 spiro atoms. The Morgan fingerprint density at radius 1 is 1.17 bits per heavy atom. The molecular formula is C23H24N4O3. The number of carbonyl (C=O) groups excluding carboxylic acids is 2. The van der Waals surface area contributed by atoms with Gasteiger partial charge in [-0.05, 0) is 44.9 Å². The maximum Gasteiger partial charge on any atom is 0.261 e. The number of carbonyl (C=O) groups is 2. The van der Waals surface area contributed by atoms with Crippen LogP contribution in [-0.4, -0.2) is 38.4 Å². The van der Waals surface area contributed by atoms with Gasteiger partial charge in [0.1, 0.15) is 5.56 Å². The van der Waals surface area contributed by atoms with Gasteiger partial charge in [-0.2, -0.15) is 5.10 Å². The monoisotopic (exact) mass is 404 g/mol. The second-order valence-corrected chi connectivity index (χ2v) is 7.74. The highest BCUT2D eigenvalue weighted by atomic mass is 16.2. The lowest BCUT2D eigenvalue weighted by molar-refractivity contribution is 0.0783. The second kappa shape index (κ2) is 7.74. The van der Waals surface area contributed by atoms with Crippen LogP contribution in [0.5, 0.6) is 0 Å². The van der Waals surface area contributed by atoms with E-state index in [-0.39, 0.29) is 11.3 Å². The lowest BCUT2D eigenvalue weighted by Gasteiger charge is -2.19. The molecule has 0 saturated heterocycles. The minimum atomic E-state index is -0.450. The molecule has 1 aliphatic carbocycles. The Bertz CT molecular complexity index is 1190. The third kappa shape index (κ3) is 3.47.